The Morgan fingerprint density at radius 1 is 1.22 bits per heavy atom. The van der Waals surface area contributed by atoms with Crippen LogP contribution in [0.3, 0.4) is 0 Å². The SMILES string of the molecule is CC.CN1C(=S)N(c2ccc(N)c(C(F)(F)F)c2)C(=O)C1(C)C. The van der Waals surface area contributed by atoms with E-state index < -0.39 is 23.0 Å². The second-order valence-electron chi connectivity index (χ2n) is 5.31. The molecular weight excluding hydrogens is 327 g/mol. The van der Waals surface area contributed by atoms with Crippen molar-refractivity contribution >= 4 is 34.6 Å². The molecule has 8 heteroatoms. The molecule has 0 unspecified atom stereocenters. The lowest BCUT2D eigenvalue weighted by atomic mass is 10.0. The molecule has 4 nitrogen and oxygen atoms in total. The molecule has 0 aromatic heterocycles. The lowest BCUT2D eigenvalue weighted by Gasteiger charge is -2.24. The van der Waals surface area contributed by atoms with Crippen LogP contribution in [0.15, 0.2) is 18.2 Å². The van der Waals surface area contributed by atoms with Crippen molar-refractivity contribution < 1.29 is 18.0 Å². The number of anilines is 2. The molecule has 0 aliphatic carbocycles. The fourth-order valence-corrected chi connectivity index (χ4v) is 2.47. The van der Waals surface area contributed by atoms with Gasteiger partial charge in [-0.25, -0.2) is 0 Å². The van der Waals surface area contributed by atoms with Gasteiger partial charge in [0.25, 0.3) is 5.91 Å². The van der Waals surface area contributed by atoms with Crippen molar-refractivity contribution in [3.05, 3.63) is 23.8 Å². The van der Waals surface area contributed by atoms with Gasteiger partial charge in [-0.05, 0) is 44.3 Å². The number of alkyl halides is 3. The Morgan fingerprint density at radius 3 is 2.13 bits per heavy atom. The monoisotopic (exact) mass is 347 g/mol. The lowest BCUT2D eigenvalue weighted by molar-refractivity contribution is -0.137. The van der Waals surface area contributed by atoms with Crippen LogP contribution < -0.4 is 10.6 Å². The minimum absolute atomic E-state index is 0.0592. The number of hydrogen-bond donors (Lipinski definition) is 1. The first-order valence-electron chi connectivity index (χ1n) is 7.07. The predicted molar refractivity (Wildman–Crippen MR) is 89.1 cm³/mol. The summed E-state index contributed by atoms with van der Waals surface area (Å²) in [7, 11) is 1.63. The average Bonchev–Trinajstić information content (AvgIpc) is 2.62. The number of amides is 1. The third-order valence-corrected chi connectivity index (χ3v) is 4.10. The van der Waals surface area contributed by atoms with E-state index in [0.29, 0.717) is 0 Å². The Morgan fingerprint density at radius 2 is 1.74 bits per heavy atom. The molecule has 0 atom stereocenters. The van der Waals surface area contributed by atoms with Gasteiger partial charge in [-0.15, -0.1) is 0 Å². The highest BCUT2D eigenvalue weighted by atomic mass is 32.1. The van der Waals surface area contributed by atoms with Crippen molar-refractivity contribution in [2.75, 3.05) is 17.7 Å². The van der Waals surface area contributed by atoms with Crippen LogP contribution in [-0.2, 0) is 11.0 Å². The summed E-state index contributed by atoms with van der Waals surface area (Å²) in [6.07, 6.45) is -4.59. The molecule has 1 fully saturated rings. The molecule has 2 N–H and O–H groups in total. The van der Waals surface area contributed by atoms with Gasteiger partial charge in [0.05, 0.1) is 11.3 Å². The molecule has 1 aromatic carbocycles. The van der Waals surface area contributed by atoms with E-state index in [1.54, 1.807) is 25.8 Å². The summed E-state index contributed by atoms with van der Waals surface area (Å²) >= 11 is 5.16. The van der Waals surface area contributed by atoms with Gasteiger partial charge in [0.1, 0.15) is 5.54 Å². The largest absolute Gasteiger partial charge is 0.418 e. The van der Waals surface area contributed by atoms with Gasteiger partial charge < -0.3 is 10.6 Å². The fraction of sp³-hybridized carbons (Fsp3) is 0.467. The minimum atomic E-state index is -4.59. The summed E-state index contributed by atoms with van der Waals surface area (Å²) in [4.78, 5) is 15.0. The summed E-state index contributed by atoms with van der Waals surface area (Å²) < 4.78 is 38.7. The van der Waals surface area contributed by atoms with Crippen LogP contribution in [0.2, 0.25) is 0 Å². The summed E-state index contributed by atoms with van der Waals surface area (Å²) in [5.74, 6) is -0.382. The van der Waals surface area contributed by atoms with Gasteiger partial charge in [-0.2, -0.15) is 13.2 Å². The van der Waals surface area contributed by atoms with E-state index in [1.165, 1.54) is 6.07 Å². The van der Waals surface area contributed by atoms with Crippen molar-refractivity contribution in [1.29, 1.82) is 0 Å². The fourth-order valence-electron chi connectivity index (χ4n) is 2.05. The number of nitrogen functional groups attached to an aromatic ring is 1. The zero-order chi connectivity index (χ0) is 18.2. The van der Waals surface area contributed by atoms with Gasteiger partial charge in [-0.3, -0.25) is 9.69 Å². The predicted octanol–water partition coefficient (Wildman–Crippen LogP) is 3.66. The Bertz CT molecular complexity index is 629. The van der Waals surface area contributed by atoms with Crippen molar-refractivity contribution in [3.63, 3.8) is 0 Å². The molecule has 2 rings (SSSR count). The van der Waals surface area contributed by atoms with E-state index in [0.717, 1.165) is 17.0 Å². The summed E-state index contributed by atoms with van der Waals surface area (Å²) in [5, 5.41) is 0.155. The molecule has 1 aliphatic heterocycles. The third kappa shape index (κ3) is 3.26. The normalized spacial score (nSPS) is 17.2. The second-order valence-corrected chi connectivity index (χ2v) is 5.68. The van der Waals surface area contributed by atoms with Crippen LogP contribution in [0.4, 0.5) is 24.5 Å². The van der Waals surface area contributed by atoms with Crippen LogP contribution in [0.1, 0.15) is 33.3 Å². The molecule has 1 aliphatic rings. The summed E-state index contributed by atoms with van der Waals surface area (Å²) in [5.41, 5.74) is 3.14. The second kappa shape index (κ2) is 6.35. The first kappa shape index (κ1) is 19.2. The van der Waals surface area contributed by atoms with E-state index >= 15 is 0 Å². The lowest BCUT2D eigenvalue weighted by Crippen LogP contribution is -2.41. The summed E-state index contributed by atoms with van der Waals surface area (Å²) in [6.45, 7) is 7.31. The Hall–Kier alpha value is -1.83. The van der Waals surface area contributed by atoms with E-state index in [1.807, 2.05) is 13.8 Å². The van der Waals surface area contributed by atoms with Crippen LogP contribution in [-0.4, -0.2) is 28.5 Å². The van der Waals surface area contributed by atoms with Gasteiger partial charge in [0.15, 0.2) is 5.11 Å². The molecule has 1 heterocycles. The average molecular weight is 347 g/mol. The van der Waals surface area contributed by atoms with Gasteiger partial charge >= 0.3 is 6.18 Å². The number of nitrogens with zero attached hydrogens (tertiary/aromatic N) is 2. The van der Waals surface area contributed by atoms with Crippen molar-refractivity contribution in [3.8, 4) is 0 Å². The van der Waals surface area contributed by atoms with Gasteiger partial charge in [0.2, 0.25) is 0 Å². The summed E-state index contributed by atoms with van der Waals surface area (Å²) in [6, 6.07) is 3.32. The van der Waals surface area contributed by atoms with Crippen molar-refractivity contribution in [2.45, 2.75) is 39.4 Å². The maximum Gasteiger partial charge on any atom is 0.418 e. The highest BCUT2D eigenvalue weighted by molar-refractivity contribution is 7.80. The standard InChI is InChI=1S/C13H14F3N3OS.C2H6/c1-12(2)10(20)19(11(21)18(12)3)7-4-5-9(17)8(6-7)13(14,15)16;1-2/h4-6H,17H2,1-3H3;1-2H3. The molecule has 1 aromatic rings. The van der Waals surface area contributed by atoms with E-state index in [-0.39, 0.29) is 16.7 Å². The number of nitrogens with two attached hydrogens (primary N) is 1. The maximum atomic E-state index is 12.9. The minimum Gasteiger partial charge on any atom is -0.398 e. The van der Waals surface area contributed by atoms with E-state index in [2.05, 4.69) is 0 Å². The van der Waals surface area contributed by atoms with Crippen molar-refractivity contribution in [1.82, 2.24) is 4.90 Å². The number of likely N-dealkylation sites (N-methyl/N-ethyl adjacent to an activating group) is 1. The van der Waals surface area contributed by atoms with Crippen LogP contribution >= 0.6 is 12.2 Å². The third-order valence-electron chi connectivity index (χ3n) is 3.64. The molecule has 0 radical (unpaired) electrons. The quantitative estimate of drug-likeness (QED) is 0.622. The Kier molecular flexibility index (Phi) is 5.30. The molecule has 0 saturated carbocycles. The Labute approximate surface area is 139 Å². The maximum absolute atomic E-state index is 12.9. The topological polar surface area (TPSA) is 49.6 Å². The molecular formula is C15H20F3N3OS. The van der Waals surface area contributed by atoms with Crippen LogP contribution in [0, 0.1) is 0 Å². The smallest absolute Gasteiger partial charge is 0.398 e. The highest BCUT2D eigenvalue weighted by Gasteiger charge is 2.48. The highest BCUT2D eigenvalue weighted by Crippen LogP contribution is 2.38. The first-order chi connectivity index (χ1) is 10.5. The number of rotatable bonds is 1. The van der Waals surface area contributed by atoms with Crippen LogP contribution in [0.5, 0.6) is 0 Å². The molecule has 23 heavy (non-hydrogen) atoms. The molecule has 128 valence electrons. The number of halogens is 3. The first-order valence-corrected chi connectivity index (χ1v) is 7.48. The van der Waals surface area contributed by atoms with Crippen molar-refractivity contribution in [2.24, 2.45) is 0 Å². The molecule has 0 spiro atoms. The molecule has 0 bridgehead atoms. The number of thiocarbonyl (C=S) groups is 1. The number of hydrogen-bond acceptors (Lipinski definition) is 3. The van der Waals surface area contributed by atoms with Gasteiger partial charge in [0, 0.05) is 12.7 Å². The molecule has 1 saturated heterocycles. The zero-order valence-corrected chi connectivity index (χ0v) is 14.5. The van der Waals surface area contributed by atoms with E-state index in [9.17, 15) is 18.0 Å². The number of carbonyl (C=O) groups is 1. The van der Waals surface area contributed by atoms with E-state index in [4.69, 9.17) is 18.0 Å². The number of benzene rings is 1. The molecule has 1 amide bonds. The van der Waals surface area contributed by atoms with Crippen LogP contribution in [0.25, 0.3) is 0 Å². The van der Waals surface area contributed by atoms with Gasteiger partial charge in [-0.1, -0.05) is 13.8 Å². The number of carbonyl (C=O) groups excluding carboxylic acids is 1. The Balaban J connectivity index is 0.00000127. The zero-order valence-electron chi connectivity index (χ0n) is 13.7.